The van der Waals surface area contributed by atoms with Gasteiger partial charge in [-0.2, -0.15) is 0 Å². The summed E-state index contributed by atoms with van der Waals surface area (Å²) in [7, 11) is 1.92. The van der Waals surface area contributed by atoms with Crippen molar-refractivity contribution in [3.05, 3.63) is 23.4 Å². The molecule has 5 heteroatoms. The number of aromatic carboxylic acids is 1. The van der Waals surface area contributed by atoms with E-state index < -0.39 is 5.97 Å². The van der Waals surface area contributed by atoms with Crippen LogP contribution in [0, 0.1) is 0 Å². The summed E-state index contributed by atoms with van der Waals surface area (Å²) in [6.07, 6.45) is 4.44. The summed E-state index contributed by atoms with van der Waals surface area (Å²) < 4.78 is 0. The number of aromatic nitrogens is 1. The highest BCUT2D eigenvalue weighted by atomic mass is 16.4. The number of carbonyl (C=O) groups is 1. The van der Waals surface area contributed by atoms with Gasteiger partial charge in [0.1, 0.15) is 5.82 Å². The Balaban J connectivity index is 2.78. The molecule has 0 saturated heterocycles. The lowest BCUT2D eigenvalue weighted by atomic mass is 10.1. The van der Waals surface area contributed by atoms with Crippen molar-refractivity contribution in [1.29, 1.82) is 0 Å². The lowest BCUT2D eigenvalue weighted by Crippen LogP contribution is -2.21. The molecule has 0 aliphatic carbocycles. The SMILES string of the molecule is CCCc1cc(C(=O)O)cc(N(C)CCCCCO)n1. The van der Waals surface area contributed by atoms with Gasteiger partial charge in [-0.05, 0) is 37.8 Å². The van der Waals surface area contributed by atoms with Crippen LogP contribution in [0.5, 0.6) is 0 Å². The normalized spacial score (nSPS) is 10.6. The summed E-state index contributed by atoms with van der Waals surface area (Å²) in [6.45, 7) is 3.08. The Morgan fingerprint density at radius 1 is 1.30 bits per heavy atom. The number of aliphatic hydroxyl groups is 1. The molecule has 0 unspecified atom stereocenters. The van der Waals surface area contributed by atoms with Gasteiger partial charge >= 0.3 is 5.97 Å². The molecule has 0 aromatic carbocycles. The first-order valence-corrected chi connectivity index (χ1v) is 7.14. The summed E-state index contributed by atoms with van der Waals surface area (Å²) in [6, 6.07) is 3.27. The van der Waals surface area contributed by atoms with Crippen molar-refractivity contribution in [3.63, 3.8) is 0 Å². The molecule has 0 saturated carbocycles. The van der Waals surface area contributed by atoms with Gasteiger partial charge in [-0.3, -0.25) is 0 Å². The van der Waals surface area contributed by atoms with Gasteiger partial charge < -0.3 is 15.1 Å². The molecule has 0 radical (unpaired) electrons. The van der Waals surface area contributed by atoms with Crippen molar-refractivity contribution < 1.29 is 15.0 Å². The third-order valence-electron chi connectivity index (χ3n) is 3.16. The highest BCUT2D eigenvalue weighted by Gasteiger charge is 2.11. The first kappa shape index (κ1) is 16.4. The van der Waals surface area contributed by atoms with Gasteiger partial charge in [-0.1, -0.05) is 13.3 Å². The van der Waals surface area contributed by atoms with Gasteiger partial charge in [0.2, 0.25) is 0 Å². The molecule has 2 N–H and O–H groups in total. The van der Waals surface area contributed by atoms with E-state index in [9.17, 15) is 4.79 Å². The Morgan fingerprint density at radius 3 is 2.65 bits per heavy atom. The largest absolute Gasteiger partial charge is 0.478 e. The van der Waals surface area contributed by atoms with E-state index in [-0.39, 0.29) is 6.61 Å². The average Bonchev–Trinajstić information content (AvgIpc) is 2.43. The number of carboxylic acids is 1. The van der Waals surface area contributed by atoms with Gasteiger partial charge in [0.05, 0.1) is 5.56 Å². The fraction of sp³-hybridized carbons (Fsp3) is 0.600. The van der Waals surface area contributed by atoms with Crippen molar-refractivity contribution in [2.75, 3.05) is 25.1 Å². The lowest BCUT2D eigenvalue weighted by molar-refractivity contribution is 0.0696. The maximum Gasteiger partial charge on any atom is 0.335 e. The molecule has 0 bridgehead atoms. The number of unbranched alkanes of at least 4 members (excludes halogenated alkanes) is 2. The summed E-state index contributed by atoms with van der Waals surface area (Å²) in [5, 5.41) is 17.9. The van der Waals surface area contributed by atoms with Crippen LogP contribution in [0.15, 0.2) is 12.1 Å². The molecule has 1 aromatic heterocycles. The molecule has 1 heterocycles. The van der Waals surface area contributed by atoms with Gasteiger partial charge in [0.25, 0.3) is 0 Å². The van der Waals surface area contributed by atoms with Crippen LogP contribution in [0.4, 0.5) is 5.82 Å². The van der Waals surface area contributed by atoms with E-state index in [1.807, 2.05) is 18.9 Å². The highest BCUT2D eigenvalue weighted by Crippen LogP contribution is 2.16. The number of hydrogen-bond donors (Lipinski definition) is 2. The molecule has 0 atom stereocenters. The molecule has 1 rings (SSSR count). The van der Waals surface area contributed by atoms with Crippen LogP contribution in [-0.4, -0.2) is 41.4 Å². The minimum atomic E-state index is -0.917. The number of anilines is 1. The zero-order valence-corrected chi connectivity index (χ0v) is 12.3. The number of rotatable bonds is 9. The Kier molecular flexibility index (Phi) is 7.01. The first-order chi connectivity index (χ1) is 9.58. The van der Waals surface area contributed by atoms with Crippen LogP contribution in [0.2, 0.25) is 0 Å². The fourth-order valence-corrected chi connectivity index (χ4v) is 2.03. The lowest BCUT2D eigenvalue weighted by Gasteiger charge is -2.19. The van der Waals surface area contributed by atoms with Gasteiger partial charge in [-0.25, -0.2) is 9.78 Å². The molecule has 0 aliphatic rings. The van der Waals surface area contributed by atoms with Gasteiger partial charge in [0.15, 0.2) is 0 Å². The molecule has 0 amide bonds. The van der Waals surface area contributed by atoms with Crippen LogP contribution in [-0.2, 0) is 6.42 Å². The van der Waals surface area contributed by atoms with E-state index >= 15 is 0 Å². The number of hydrogen-bond acceptors (Lipinski definition) is 4. The Morgan fingerprint density at radius 2 is 2.05 bits per heavy atom. The van der Waals surface area contributed by atoms with Crippen molar-refractivity contribution in [2.24, 2.45) is 0 Å². The first-order valence-electron chi connectivity index (χ1n) is 7.14. The highest BCUT2D eigenvalue weighted by molar-refractivity contribution is 5.88. The summed E-state index contributed by atoms with van der Waals surface area (Å²) in [4.78, 5) is 17.7. The van der Waals surface area contributed by atoms with Crippen molar-refractivity contribution >= 4 is 11.8 Å². The zero-order valence-electron chi connectivity index (χ0n) is 12.3. The summed E-state index contributed by atoms with van der Waals surface area (Å²) in [5.74, 6) is -0.211. The quantitative estimate of drug-likeness (QED) is 0.679. The summed E-state index contributed by atoms with van der Waals surface area (Å²) in [5.41, 5.74) is 1.12. The molecule has 1 aromatic rings. The van der Waals surface area contributed by atoms with Gasteiger partial charge in [-0.15, -0.1) is 0 Å². The number of aliphatic hydroxyl groups excluding tert-OH is 1. The van der Waals surface area contributed by atoms with E-state index in [4.69, 9.17) is 10.2 Å². The Labute approximate surface area is 120 Å². The predicted octanol–water partition coefficient (Wildman–Crippen LogP) is 2.33. The van der Waals surface area contributed by atoms with E-state index in [1.54, 1.807) is 12.1 Å². The van der Waals surface area contributed by atoms with Crippen LogP contribution in [0.3, 0.4) is 0 Å². The molecular weight excluding hydrogens is 256 g/mol. The molecular formula is C15H24N2O3. The molecule has 0 aliphatic heterocycles. The predicted molar refractivity (Wildman–Crippen MR) is 79.4 cm³/mol. The summed E-state index contributed by atoms with van der Waals surface area (Å²) >= 11 is 0. The maximum absolute atomic E-state index is 11.2. The van der Waals surface area contributed by atoms with E-state index in [0.717, 1.165) is 44.3 Å². The molecule has 0 spiro atoms. The average molecular weight is 280 g/mol. The molecule has 0 fully saturated rings. The zero-order chi connectivity index (χ0) is 15.0. The second kappa shape index (κ2) is 8.53. The minimum Gasteiger partial charge on any atom is -0.478 e. The number of carboxylic acid groups (broad SMARTS) is 1. The van der Waals surface area contributed by atoms with Crippen molar-refractivity contribution in [1.82, 2.24) is 4.98 Å². The van der Waals surface area contributed by atoms with Crippen LogP contribution < -0.4 is 4.90 Å². The minimum absolute atomic E-state index is 0.219. The standard InChI is InChI=1S/C15H24N2O3/c1-3-7-13-10-12(15(19)20)11-14(16-13)17(2)8-5-4-6-9-18/h10-11,18H,3-9H2,1-2H3,(H,19,20). The maximum atomic E-state index is 11.2. The second-order valence-corrected chi connectivity index (χ2v) is 4.97. The third kappa shape index (κ3) is 5.17. The van der Waals surface area contributed by atoms with E-state index in [2.05, 4.69) is 4.98 Å². The topological polar surface area (TPSA) is 73.7 Å². The number of aryl methyl sites for hydroxylation is 1. The number of nitrogens with zero attached hydrogens (tertiary/aromatic N) is 2. The van der Waals surface area contributed by atoms with Gasteiger partial charge in [0, 0.05) is 25.9 Å². The second-order valence-electron chi connectivity index (χ2n) is 4.97. The Hall–Kier alpha value is -1.62. The van der Waals surface area contributed by atoms with Crippen molar-refractivity contribution in [2.45, 2.75) is 39.0 Å². The molecule has 112 valence electrons. The van der Waals surface area contributed by atoms with Crippen molar-refractivity contribution in [3.8, 4) is 0 Å². The fourth-order valence-electron chi connectivity index (χ4n) is 2.03. The molecule has 5 nitrogen and oxygen atoms in total. The Bertz CT molecular complexity index is 435. The number of pyridine rings is 1. The van der Waals surface area contributed by atoms with Crippen LogP contribution in [0.1, 0.15) is 48.7 Å². The van der Waals surface area contributed by atoms with E-state index in [0.29, 0.717) is 11.4 Å². The third-order valence-corrected chi connectivity index (χ3v) is 3.16. The monoisotopic (exact) mass is 280 g/mol. The van der Waals surface area contributed by atoms with Crippen LogP contribution >= 0.6 is 0 Å². The smallest absolute Gasteiger partial charge is 0.335 e. The van der Waals surface area contributed by atoms with Crippen LogP contribution in [0.25, 0.3) is 0 Å². The molecule has 20 heavy (non-hydrogen) atoms. The van der Waals surface area contributed by atoms with E-state index in [1.165, 1.54) is 0 Å².